The van der Waals surface area contributed by atoms with Crippen LogP contribution in [0.4, 0.5) is 0 Å². The normalized spacial score (nSPS) is 10.8. The summed E-state index contributed by atoms with van der Waals surface area (Å²) in [7, 11) is 0. The van der Waals surface area contributed by atoms with E-state index in [2.05, 4.69) is 20.2 Å². The van der Waals surface area contributed by atoms with Crippen molar-refractivity contribution in [3.63, 3.8) is 0 Å². The molecule has 0 aliphatic carbocycles. The van der Waals surface area contributed by atoms with Crippen LogP contribution in [0.15, 0.2) is 65.8 Å². The summed E-state index contributed by atoms with van der Waals surface area (Å²) < 4.78 is 5.73. The third-order valence-electron chi connectivity index (χ3n) is 3.97. The fourth-order valence-electron chi connectivity index (χ4n) is 2.72. The first kappa shape index (κ1) is 15.9. The van der Waals surface area contributed by atoms with Crippen molar-refractivity contribution in [2.75, 3.05) is 0 Å². The third-order valence-corrected chi connectivity index (χ3v) is 3.97. The second kappa shape index (κ2) is 6.73. The average Bonchev–Trinajstić information content (AvgIpc) is 2.69. The standard InChI is InChI=1S/C19H15N5O2/c20-9-17-16-8-12(4-5-15(16)19(25)24-23-17)13-7-14(11-21-10-13)26-18-3-1-2-6-22-18/h1-8,10-11H,9,20H2,(H,24,25). The van der Waals surface area contributed by atoms with E-state index >= 15 is 0 Å². The van der Waals surface area contributed by atoms with Gasteiger partial charge in [-0.15, -0.1) is 0 Å². The van der Waals surface area contributed by atoms with Crippen molar-refractivity contribution in [1.29, 1.82) is 0 Å². The topological polar surface area (TPSA) is 107 Å². The Morgan fingerprint density at radius 3 is 2.77 bits per heavy atom. The molecule has 4 aromatic rings. The summed E-state index contributed by atoms with van der Waals surface area (Å²) in [5.74, 6) is 1.07. The zero-order valence-corrected chi connectivity index (χ0v) is 13.7. The van der Waals surface area contributed by atoms with Crippen LogP contribution in [0, 0.1) is 0 Å². The molecule has 0 aliphatic heterocycles. The number of nitrogens with zero attached hydrogens (tertiary/aromatic N) is 3. The predicted octanol–water partition coefficient (Wildman–Crippen LogP) is 2.63. The van der Waals surface area contributed by atoms with Gasteiger partial charge in [0.2, 0.25) is 5.88 Å². The molecule has 3 N–H and O–H groups in total. The number of nitrogens with two attached hydrogens (primary N) is 1. The molecular formula is C19H15N5O2. The number of pyridine rings is 2. The van der Waals surface area contributed by atoms with Crippen molar-refractivity contribution in [3.8, 4) is 22.8 Å². The number of aromatic amines is 1. The first-order valence-electron chi connectivity index (χ1n) is 8.00. The molecule has 128 valence electrons. The molecule has 3 aromatic heterocycles. The Balaban J connectivity index is 1.76. The Hall–Kier alpha value is -3.58. The summed E-state index contributed by atoms with van der Waals surface area (Å²) in [6.07, 6.45) is 5.01. The van der Waals surface area contributed by atoms with Gasteiger partial charge in [-0.3, -0.25) is 9.78 Å². The highest BCUT2D eigenvalue weighted by molar-refractivity contribution is 5.88. The van der Waals surface area contributed by atoms with Crippen molar-refractivity contribution in [1.82, 2.24) is 20.2 Å². The molecule has 0 spiro atoms. The van der Waals surface area contributed by atoms with E-state index < -0.39 is 0 Å². The fourth-order valence-corrected chi connectivity index (χ4v) is 2.72. The van der Waals surface area contributed by atoms with Crippen molar-refractivity contribution in [2.24, 2.45) is 5.73 Å². The number of rotatable bonds is 4. The van der Waals surface area contributed by atoms with Gasteiger partial charge < -0.3 is 10.5 Å². The van der Waals surface area contributed by atoms with Crippen molar-refractivity contribution >= 4 is 10.8 Å². The van der Waals surface area contributed by atoms with Gasteiger partial charge >= 0.3 is 0 Å². The fraction of sp³-hybridized carbons (Fsp3) is 0.0526. The first-order valence-corrected chi connectivity index (χ1v) is 8.00. The lowest BCUT2D eigenvalue weighted by molar-refractivity contribution is 0.461. The maximum Gasteiger partial charge on any atom is 0.272 e. The molecule has 0 saturated carbocycles. The van der Waals surface area contributed by atoms with Gasteiger partial charge in [0.15, 0.2) is 0 Å². The summed E-state index contributed by atoms with van der Waals surface area (Å²) in [6, 6.07) is 12.8. The van der Waals surface area contributed by atoms with Gasteiger partial charge in [0, 0.05) is 36.0 Å². The summed E-state index contributed by atoms with van der Waals surface area (Å²) in [4.78, 5) is 20.3. The smallest absolute Gasteiger partial charge is 0.272 e. The van der Waals surface area contributed by atoms with Gasteiger partial charge in [0.25, 0.3) is 5.56 Å². The van der Waals surface area contributed by atoms with Crippen molar-refractivity contribution in [2.45, 2.75) is 6.54 Å². The van der Waals surface area contributed by atoms with Gasteiger partial charge in [-0.05, 0) is 29.8 Å². The van der Waals surface area contributed by atoms with E-state index in [9.17, 15) is 4.79 Å². The molecule has 7 nitrogen and oxygen atoms in total. The average molecular weight is 345 g/mol. The minimum Gasteiger partial charge on any atom is -0.437 e. The van der Waals surface area contributed by atoms with Gasteiger partial charge in [0.1, 0.15) is 5.75 Å². The monoisotopic (exact) mass is 345 g/mol. The largest absolute Gasteiger partial charge is 0.437 e. The lowest BCUT2D eigenvalue weighted by Crippen LogP contribution is -2.13. The molecule has 0 amide bonds. The third kappa shape index (κ3) is 3.03. The first-order chi connectivity index (χ1) is 12.7. The molecule has 0 aliphatic rings. The number of aromatic nitrogens is 4. The SMILES string of the molecule is NCc1n[nH]c(=O)c2ccc(-c3cncc(Oc4ccccn4)c3)cc12. The van der Waals surface area contributed by atoms with E-state index in [-0.39, 0.29) is 12.1 Å². The molecule has 3 heterocycles. The van der Waals surface area contributed by atoms with E-state index in [0.717, 1.165) is 16.5 Å². The molecule has 0 saturated heterocycles. The zero-order valence-electron chi connectivity index (χ0n) is 13.7. The molecule has 1 aromatic carbocycles. The van der Waals surface area contributed by atoms with Gasteiger partial charge in [0.05, 0.1) is 17.3 Å². The lowest BCUT2D eigenvalue weighted by atomic mass is 10.0. The predicted molar refractivity (Wildman–Crippen MR) is 97.8 cm³/mol. The Morgan fingerprint density at radius 2 is 1.96 bits per heavy atom. The molecule has 0 fully saturated rings. The van der Waals surface area contributed by atoms with Crippen LogP contribution in [-0.4, -0.2) is 20.2 Å². The van der Waals surface area contributed by atoms with Crippen molar-refractivity contribution in [3.05, 3.63) is 77.1 Å². The maximum absolute atomic E-state index is 12.0. The van der Waals surface area contributed by atoms with Gasteiger partial charge in [-0.25, -0.2) is 10.1 Å². The highest BCUT2D eigenvalue weighted by Gasteiger charge is 2.09. The quantitative estimate of drug-likeness (QED) is 0.589. The lowest BCUT2D eigenvalue weighted by Gasteiger charge is -2.08. The molecule has 0 unspecified atom stereocenters. The summed E-state index contributed by atoms with van der Waals surface area (Å²) >= 11 is 0. The van der Waals surface area contributed by atoms with Crippen LogP contribution in [0.2, 0.25) is 0 Å². The Labute approximate surface area is 148 Å². The van der Waals surface area contributed by atoms with Gasteiger partial charge in [-0.1, -0.05) is 12.1 Å². The van der Waals surface area contributed by atoms with Crippen LogP contribution in [0.1, 0.15) is 5.69 Å². The van der Waals surface area contributed by atoms with Crippen LogP contribution in [-0.2, 0) is 6.54 Å². The van der Waals surface area contributed by atoms with E-state index in [0.29, 0.717) is 22.7 Å². The molecule has 7 heteroatoms. The van der Waals surface area contributed by atoms with Crippen LogP contribution < -0.4 is 16.0 Å². The maximum atomic E-state index is 12.0. The second-order valence-corrected chi connectivity index (χ2v) is 5.64. The van der Waals surface area contributed by atoms with Crippen LogP contribution in [0.3, 0.4) is 0 Å². The zero-order chi connectivity index (χ0) is 17.9. The van der Waals surface area contributed by atoms with E-state index in [1.165, 1.54) is 0 Å². The summed E-state index contributed by atoms with van der Waals surface area (Å²) in [5.41, 5.74) is 7.87. The highest BCUT2D eigenvalue weighted by Crippen LogP contribution is 2.27. The number of fused-ring (bicyclic) bond motifs is 1. The summed E-state index contributed by atoms with van der Waals surface area (Å²) in [5, 5.41) is 7.77. The molecule has 4 rings (SSSR count). The van der Waals surface area contributed by atoms with Crippen LogP contribution in [0.5, 0.6) is 11.6 Å². The summed E-state index contributed by atoms with van der Waals surface area (Å²) in [6.45, 7) is 0.234. The molecule has 0 radical (unpaired) electrons. The number of benzene rings is 1. The molecule has 0 atom stereocenters. The Bertz CT molecular complexity index is 1130. The van der Waals surface area contributed by atoms with E-state index in [4.69, 9.17) is 10.5 Å². The highest BCUT2D eigenvalue weighted by atomic mass is 16.5. The Morgan fingerprint density at radius 1 is 1.04 bits per heavy atom. The van der Waals surface area contributed by atoms with Crippen molar-refractivity contribution < 1.29 is 4.74 Å². The molecule has 0 bridgehead atoms. The number of hydrogen-bond acceptors (Lipinski definition) is 6. The van der Waals surface area contributed by atoms with Gasteiger partial charge in [-0.2, -0.15) is 5.10 Å². The van der Waals surface area contributed by atoms with E-state index in [1.54, 1.807) is 30.7 Å². The van der Waals surface area contributed by atoms with Crippen LogP contribution in [0.25, 0.3) is 21.9 Å². The number of ether oxygens (including phenoxy) is 1. The minimum absolute atomic E-state index is 0.234. The molecule has 26 heavy (non-hydrogen) atoms. The number of H-pyrrole nitrogens is 1. The number of hydrogen-bond donors (Lipinski definition) is 2. The Kier molecular flexibility index (Phi) is 4.12. The van der Waals surface area contributed by atoms with Crippen LogP contribution >= 0.6 is 0 Å². The molecular weight excluding hydrogens is 330 g/mol. The number of nitrogens with one attached hydrogen (secondary N) is 1. The van der Waals surface area contributed by atoms with E-state index in [1.807, 2.05) is 30.3 Å². The minimum atomic E-state index is -0.242. The second-order valence-electron chi connectivity index (χ2n) is 5.64.